The highest BCUT2D eigenvalue weighted by Gasteiger charge is 2.19. The van der Waals surface area contributed by atoms with Crippen molar-refractivity contribution in [2.45, 2.75) is 19.8 Å². The van der Waals surface area contributed by atoms with E-state index in [2.05, 4.69) is 5.32 Å². The summed E-state index contributed by atoms with van der Waals surface area (Å²) >= 11 is 0. The number of rotatable bonds is 9. The van der Waals surface area contributed by atoms with E-state index in [1.165, 1.54) is 33.5 Å². The van der Waals surface area contributed by atoms with Gasteiger partial charge in [-0.05, 0) is 6.42 Å². The smallest absolute Gasteiger partial charge is 0.342 e. The van der Waals surface area contributed by atoms with Gasteiger partial charge in [0.1, 0.15) is 11.3 Å². The minimum absolute atomic E-state index is 0.159. The Hall–Kier alpha value is -2.44. The van der Waals surface area contributed by atoms with Gasteiger partial charge < -0.3 is 24.3 Å². The van der Waals surface area contributed by atoms with Crippen LogP contribution in [0.4, 0.5) is 0 Å². The van der Waals surface area contributed by atoms with E-state index in [1.54, 1.807) is 0 Å². The van der Waals surface area contributed by atoms with Crippen LogP contribution in [0.2, 0.25) is 0 Å². The monoisotopic (exact) mass is 325 g/mol. The van der Waals surface area contributed by atoms with Gasteiger partial charge in [-0.25, -0.2) is 4.79 Å². The van der Waals surface area contributed by atoms with Gasteiger partial charge in [0.25, 0.3) is 5.91 Å². The van der Waals surface area contributed by atoms with Crippen molar-refractivity contribution in [2.75, 3.05) is 34.5 Å². The number of nitrogens with one attached hydrogen (secondary N) is 1. The summed E-state index contributed by atoms with van der Waals surface area (Å²) in [5.41, 5.74) is 0.159. The van der Waals surface area contributed by atoms with Crippen molar-refractivity contribution in [1.29, 1.82) is 0 Å². The Labute approximate surface area is 135 Å². The molecule has 0 fully saturated rings. The Bertz CT molecular complexity index is 544. The van der Waals surface area contributed by atoms with Crippen molar-refractivity contribution in [3.63, 3.8) is 0 Å². The minimum Gasteiger partial charge on any atom is -0.496 e. The normalized spacial score (nSPS) is 9.91. The maximum atomic E-state index is 12.1. The van der Waals surface area contributed by atoms with Crippen LogP contribution in [0, 0.1) is 0 Å². The third-order valence-corrected chi connectivity index (χ3v) is 3.11. The molecule has 0 saturated carbocycles. The van der Waals surface area contributed by atoms with Gasteiger partial charge in [-0.15, -0.1) is 0 Å². The third-order valence-electron chi connectivity index (χ3n) is 3.11. The fraction of sp³-hybridized carbons (Fsp3) is 0.500. The van der Waals surface area contributed by atoms with Crippen LogP contribution in [0.25, 0.3) is 0 Å². The molecule has 23 heavy (non-hydrogen) atoms. The number of unbranched alkanes of at least 4 members (excludes halogenated alkanes) is 1. The molecule has 0 aliphatic carbocycles. The molecule has 0 radical (unpaired) electrons. The van der Waals surface area contributed by atoms with Crippen molar-refractivity contribution in [2.24, 2.45) is 0 Å². The molecule has 0 aromatic heterocycles. The Morgan fingerprint density at radius 3 is 2.17 bits per heavy atom. The van der Waals surface area contributed by atoms with E-state index >= 15 is 0 Å². The quantitative estimate of drug-likeness (QED) is 0.550. The molecule has 0 spiro atoms. The second kappa shape index (κ2) is 9.55. The number of benzene rings is 1. The molecule has 0 heterocycles. The fourth-order valence-electron chi connectivity index (χ4n) is 1.85. The summed E-state index contributed by atoms with van der Waals surface area (Å²) in [6.07, 6.45) is 1.85. The number of carbonyl (C=O) groups is 2. The number of ether oxygens (including phenoxy) is 4. The van der Waals surface area contributed by atoms with Crippen molar-refractivity contribution in [3.8, 4) is 17.2 Å². The summed E-state index contributed by atoms with van der Waals surface area (Å²) in [5.74, 6) is 0.0598. The number of hydrogen-bond acceptors (Lipinski definition) is 6. The van der Waals surface area contributed by atoms with E-state index in [1.807, 2.05) is 6.92 Å². The van der Waals surface area contributed by atoms with Crippen molar-refractivity contribution < 1.29 is 28.5 Å². The van der Waals surface area contributed by atoms with E-state index in [9.17, 15) is 9.59 Å². The van der Waals surface area contributed by atoms with Gasteiger partial charge in [-0.2, -0.15) is 0 Å². The van der Waals surface area contributed by atoms with E-state index in [0.29, 0.717) is 18.0 Å². The van der Waals surface area contributed by atoms with Crippen LogP contribution >= 0.6 is 0 Å². The molecular formula is C16H23NO6. The third kappa shape index (κ3) is 5.36. The van der Waals surface area contributed by atoms with Gasteiger partial charge in [0.05, 0.1) is 21.3 Å². The molecule has 1 aromatic carbocycles. The number of methoxy groups -OCH3 is 3. The highest BCUT2D eigenvalue weighted by molar-refractivity contribution is 5.95. The van der Waals surface area contributed by atoms with Crippen molar-refractivity contribution in [1.82, 2.24) is 5.32 Å². The predicted octanol–water partition coefficient (Wildman–Crippen LogP) is 1.79. The average molecular weight is 325 g/mol. The number of carbonyl (C=O) groups excluding carboxylic acids is 2. The minimum atomic E-state index is -0.673. The first-order valence-electron chi connectivity index (χ1n) is 7.31. The summed E-state index contributed by atoms with van der Waals surface area (Å²) in [6, 6.07) is 2.98. The lowest BCUT2D eigenvalue weighted by atomic mass is 10.1. The summed E-state index contributed by atoms with van der Waals surface area (Å²) < 4.78 is 20.5. The molecule has 1 aromatic rings. The molecule has 0 aliphatic rings. The average Bonchev–Trinajstić information content (AvgIpc) is 2.58. The standard InChI is InChI=1S/C16H23NO6/c1-5-6-7-17-15(18)10-23-16(19)11-8-13(21-3)14(22-4)9-12(11)20-2/h8-9H,5-7,10H2,1-4H3,(H,17,18). The van der Waals surface area contributed by atoms with Gasteiger partial charge >= 0.3 is 5.97 Å². The first-order chi connectivity index (χ1) is 11.1. The summed E-state index contributed by atoms with van der Waals surface area (Å²) in [6.45, 7) is 2.24. The van der Waals surface area contributed by atoms with Crippen LogP contribution in [0.5, 0.6) is 17.2 Å². The van der Waals surface area contributed by atoms with Crippen LogP contribution in [-0.4, -0.2) is 46.4 Å². The molecule has 0 bridgehead atoms. The Kier molecular flexibility index (Phi) is 7.73. The van der Waals surface area contributed by atoms with Gasteiger partial charge in [0.2, 0.25) is 0 Å². The largest absolute Gasteiger partial charge is 0.496 e. The molecule has 1 N–H and O–H groups in total. The van der Waals surface area contributed by atoms with Gasteiger partial charge in [-0.3, -0.25) is 4.79 Å². The lowest BCUT2D eigenvalue weighted by Crippen LogP contribution is -2.29. The van der Waals surface area contributed by atoms with Crippen LogP contribution < -0.4 is 19.5 Å². The molecule has 7 heteroatoms. The second-order valence-electron chi connectivity index (χ2n) is 4.69. The predicted molar refractivity (Wildman–Crippen MR) is 84.3 cm³/mol. The van der Waals surface area contributed by atoms with Gasteiger partial charge in [0.15, 0.2) is 18.1 Å². The molecule has 0 unspecified atom stereocenters. The maximum absolute atomic E-state index is 12.1. The van der Waals surface area contributed by atoms with Crippen molar-refractivity contribution in [3.05, 3.63) is 17.7 Å². The Morgan fingerprint density at radius 1 is 1.00 bits per heavy atom. The molecule has 0 aliphatic heterocycles. The number of amides is 1. The zero-order valence-corrected chi connectivity index (χ0v) is 13.9. The molecule has 7 nitrogen and oxygen atoms in total. The Morgan fingerprint density at radius 2 is 1.61 bits per heavy atom. The molecule has 1 amide bonds. The molecule has 128 valence electrons. The molecule has 0 atom stereocenters. The summed E-state index contributed by atoms with van der Waals surface area (Å²) in [7, 11) is 4.37. The summed E-state index contributed by atoms with van der Waals surface area (Å²) in [4.78, 5) is 23.7. The Balaban J connectivity index is 2.77. The summed E-state index contributed by atoms with van der Waals surface area (Å²) in [5, 5.41) is 2.67. The van der Waals surface area contributed by atoms with Crippen LogP contribution in [0.1, 0.15) is 30.1 Å². The fourth-order valence-corrected chi connectivity index (χ4v) is 1.85. The number of hydrogen-bond donors (Lipinski definition) is 1. The zero-order chi connectivity index (χ0) is 17.2. The van der Waals surface area contributed by atoms with Crippen LogP contribution in [0.15, 0.2) is 12.1 Å². The van der Waals surface area contributed by atoms with Crippen LogP contribution in [0.3, 0.4) is 0 Å². The molecule has 1 rings (SSSR count). The lowest BCUT2D eigenvalue weighted by molar-refractivity contribution is -0.124. The zero-order valence-electron chi connectivity index (χ0n) is 13.9. The first kappa shape index (κ1) is 18.6. The maximum Gasteiger partial charge on any atom is 0.342 e. The van der Waals surface area contributed by atoms with E-state index < -0.39 is 5.97 Å². The molecular weight excluding hydrogens is 302 g/mol. The van der Waals surface area contributed by atoms with Gasteiger partial charge in [-0.1, -0.05) is 13.3 Å². The topological polar surface area (TPSA) is 83.1 Å². The van der Waals surface area contributed by atoms with Crippen molar-refractivity contribution >= 4 is 11.9 Å². The highest BCUT2D eigenvalue weighted by atomic mass is 16.5. The SMILES string of the molecule is CCCCNC(=O)COC(=O)c1cc(OC)c(OC)cc1OC. The highest BCUT2D eigenvalue weighted by Crippen LogP contribution is 2.34. The van der Waals surface area contributed by atoms with E-state index in [4.69, 9.17) is 18.9 Å². The van der Waals surface area contributed by atoms with Gasteiger partial charge in [0, 0.05) is 18.7 Å². The first-order valence-corrected chi connectivity index (χ1v) is 7.31. The lowest BCUT2D eigenvalue weighted by Gasteiger charge is -2.13. The van der Waals surface area contributed by atoms with E-state index in [0.717, 1.165) is 12.8 Å². The van der Waals surface area contributed by atoms with Crippen LogP contribution in [-0.2, 0) is 9.53 Å². The van der Waals surface area contributed by atoms with E-state index in [-0.39, 0.29) is 23.8 Å². The molecule has 0 saturated heterocycles. The second-order valence-corrected chi connectivity index (χ2v) is 4.69. The number of esters is 1.